The molecule has 0 amide bonds. The molecule has 1 aliphatic rings. The Morgan fingerprint density at radius 3 is 2.48 bits per heavy atom. The number of anilines is 1. The van der Waals surface area contributed by atoms with Gasteiger partial charge >= 0.3 is 0 Å². The highest BCUT2D eigenvalue weighted by atomic mass is 15.3. The van der Waals surface area contributed by atoms with E-state index in [-0.39, 0.29) is 0 Å². The number of guanidine groups is 1. The van der Waals surface area contributed by atoms with Crippen LogP contribution in [0.15, 0.2) is 29.5 Å². The number of hydrogen-bond acceptors (Lipinski definition) is 6. The maximum Gasteiger partial charge on any atom is 0.225 e. The van der Waals surface area contributed by atoms with Crippen molar-refractivity contribution in [2.45, 2.75) is 40.2 Å². The highest BCUT2D eigenvalue weighted by Gasteiger charge is 2.18. The fourth-order valence-electron chi connectivity index (χ4n) is 3.79. The summed E-state index contributed by atoms with van der Waals surface area (Å²) in [6.07, 6.45) is 5.69. The Morgan fingerprint density at radius 1 is 1.03 bits per heavy atom. The summed E-state index contributed by atoms with van der Waals surface area (Å²) >= 11 is 0. The lowest BCUT2D eigenvalue weighted by Gasteiger charge is -2.34. The van der Waals surface area contributed by atoms with Gasteiger partial charge in [-0.3, -0.25) is 14.6 Å². The first-order chi connectivity index (χ1) is 15.2. The fourth-order valence-corrected chi connectivity index (χ4v) is 3.79. The van der Waals surface area contributed by atoms with Crippen molar-refractivity contribution in [1.82, 2.24) is 35.3 Å². The van der Waals surface area contributed by atoms with Gasteiger partial charge in [0.25, 0.3) is 0 Å². The first kappa shape index (κ1) is 23.0. The molecule has 2 aromatic heterocycles. The van der Waals surface area contributed by atoms with Gasteiger partial charge in [0.2, 0.25) is 5.95 Å². The molecule has 170 valence electrons. The van der Waals surface area contributed by atoms with Crippen LogP contribution in [0.1, 0.15) is 31.2 Å². The van der Waals surface area contributed by atoms with Crippen LogP contribution in [0.2, 0.25) is 0 Å². The minimum Gasteiger partial charge on any atom is -0.357 e. The van der Waals surface area contributed by atoms with Gasteiger partial charge in [-0.1, -0.05) is 0 Å². The molecule has 0 atom stereocenters. The number of aliphatic imine (C=N–C) groups is 1. The van der Waals surface area contributed by atoms with Gasteiger partial charge in [-0.15, -0.1) is 0 Å². The normalized spacial score (nSPS) is 15.3. The van der Waals surface area contributed by atoms with Gasteiger partial charge in [-0.05, 0) is 52.3 Å². The summed E-state index contributed by atoms with van der Waals surface area (Å²) in [5.41, 5.74) is 2.29. The van der Waals surface area contributed by atoms with E-state index in [1.165, 1.54) is 5.69 Å². The second-order valence-electron chi connectivity index (χ2n) is 7.92. The molecule has 2 aromatic rings. The average molecular weight is 428 g/mol. The predicted molar refractivity (Wildman–Crippen MR) is 126 cm³/mol. The largest absolute Gasteiger partial charge is 0.357 e. The van der Waals surface area contributed by atoms with Gasteiger partial charge in [0.15, 0.2) is 5.96 Å². The SMILES string of the molecule is CCNC(=NCCCn1nc(C)cc1C)NCCCN1CCN(c2ncccn2)CC1. The monoisotopic (exact) mass is 427 g/mol. The van der Waals surface area contributed by atoms with Crippen LogP contribution in [0.5, 0.6) is 0 Å². The molecule has 0 saturated carbocycles. The molecule has 3 rings (SSSR count). The molecule has 0 unspecified atom stereocenters. The zero-order valence-electron chi connectivity index (χ0n) is 19.2. The second kappa shape index (κ2) is 12.2. The Hall–Kier alpha value is -2.68. The van der Waals surface area contributed by atoms with E-state index >= 15 is 0 Å². The zero-order chi connectivity index (χ0) is 21.9. The lowest BCUT2D eigenvalue weighted by atomic mass is 10.3. The number of rotatable bonds is 10. The van der Waals surface area contributed by atoms with E-state index in [1.807, 2.05) is 25.4 Å². The lowest BCUT2D eigenvalue weighted by molar-refractivity contribution is 0.254. The van der Waals surface area contributed by atoms with Crippen LogP contribution in [0.25, 0.3) is 0 Å². The molecule has 9 heteroatoms. The molecule has 0 bridgehead atoms. The number of hydrogen-bond donors (Lipinski definition) is 2. The van der Waals surface area contributed by atoms with Crippen LogP contribution in [0.3, 0.4) is 0 Å². The Bertz CT molecular complexity index is 795. The number of piperazine rings is 1. The zero-order valence-corrected chi connectivity index (χ0v) is 19.2. The summed E-state index contributed by atoms with van der Waals surface area (Å²) in [4.78, 5) is 18.2. The van der Waals surface area contributed by atoms with Crippen molar-refractivity contribution in [3.8, 4) is 0 Å². The topological polar surface area (TPSA) is 86.5 Å². The van der Waals surface area contributed by atoms with Crippen molar-refractivity contribution >= 4 is 11.9 Å². The van der Waals surface area contributed by atoms with Crippen LogP contribution in [-0.2, 0) is 6.54 Å². The van der Waals surface area contributed by atoms with Gasteiger partial charge in [-0.25, -0.2) is 9.97 Å². The van der Waals surface area contributed by atoms with Gasteiger partial charge in [-0.2, -0.15) is 5.10 Å². The molecule has 0 spiro atoms. The smallest absolute Gasteiger partial charge is 0.225 e. The van der Waals surface area contributed by atoms with E-state index in [2.05, 4.69) is 60.1 Å². The molecule has 1 fully saturated rings. The molecule has 9 nitrogen and oxygen atoms in total. The van der Waals surface area contributed by atoms with Crippen LogP contribution < -0.4 is 15.5 Å². The molecule has 3 heterocycles. The average Bonchev–Trinajstić information content (AvgIpc) is 3.12. The number of nitrogens with zero attached hydrogens (tertiary/aromatic N) is 7. The summed E-state index contributed by atoms with van der Waals surface area (Å²) < 4.78 is 2.06. The summed E-state index contributed by atoms with van der Waals surface area (Å²) in [5, 5.41) is 11.3. The second-order valence-corrected chi connectivity index (χ2v) is 7.92. The highest BCUT2D eigenvalue weighted by Crippen LogP contribution is 2.09. The third-order valence-corrected chi connectivity index (χ3v) is 5.40. The molecule has 2 N–H and O–H groups in total. The van der Waals surface area contributed by atoms with E-state index in [0.29, 0.717) is 0 Å². The summed E-state index contributed by atoms with van der Waals surface area (Å²) in [7, 11) is 0. The maximum atomic E-state index is 4.71. The van der Waals surface area contributed by atoms with E-state index in [0.717, 1.165) is 89.3 Å². The Morgan fingerprint density at radius 2 is 1.81 bits per heavy atom. The quantitative estimate of drug-likeness (QED) is 0.337. The first-order valence-corrected chi connectivity index (χ1v) is 11.4. The minimum atomic E-state index is 0.789. The highest BCUT2D eigenvalue weighted by molar-refractivity contribution is 5.79. The molecular weight excluding hydrogens is 390 g/mol. The van der Waals surface area contributed by atoms with E-state index in [1.54, 1.807) is 0 Å². The van der Waals surface area contributed by atoms with Crippen LogP contribution in [0.4, 0.5) is 5.95 Å². The van der Waals surface area contributed by atoms with E-state index in [4.69, 9.17) is 4.99 Å². The lowest BCUT2D eigenvalue weighted by Crippen LogP contribution is -2.47. The Kier molecular flexibility index (Phi) is 9.08. The van der Waals surface area contributed by atoms with Gasteiger partial charge < -0.3 is 15.5 Å². The third-order valence-electron chi connectivity index (χ3n) is 5.40. The van der Waals surface area contributed by atoms with Gasteiger partial charge in [0, 0.05) is 70.4 Å². The number of nitrogens with one attached hydrogen (secondary N) is 2. The van der Waals surface area contributed by atoms with Crippen molar-refractivity contribution in [2.24, 2.45) is 4.99 Å². The fraction of sp³-hybridized carbons (Fsp3) is 0.636. The molecule has 0 aliphatic carbocycles. The molecular formula is C22H37N9. The van der Waals surface area contributed by atoms with Crippen molar-refractivity contribution < 1.29 is 0 Å². The van der Waals surface area contributed by atoms with Crippen molar-refractivity contribution in [3.05, 3.63) is 35.9 Å². The van der Waals surface area contributed by atoms with Crippen LogP contribution >= 0.6 is 0 Å². The summed E-state index contributed by atoms with van der Waals surface area (Å²) in [6, 6.07) is 3.98. The third kappa shape index (κ3) is 7.50. The maximum absolute atomic E-state index is 4.71. The molecule has 0 radical (unpaired) electrons. The standard InChI is InChI=1S/C22H37N9/c1-4-23-21(25-11-7-13-31-20(3)18-19(2)28-31)24-10-6-12-29-14-16-30(17-15-29)22-26-8-5-9-27-22/h5,8-9,18H,4,6-7,10-17H2,1-3H3,(H2,23,24,25). The van der Waals surface area contributed by atoms with Gasteiger partial charge in [0.05, 0.1) is 5.69 Å². The molecule has 31 heavy (non-hydrogen) atoms. The van der Waals surface area contributed by atoms with Crippen LogP contribution in [-0.4, -0.2) is 83.0 Å². The Balaban J connectivity index is 1.31. The van der Waals surface area contributed by atoms with Gasteiger partial charge in [0.1, 0.15) is 0 Å². The minimum absolute atomic E-state index is 0.789. The summed E-state index contributed by atoms with van der Waals surface area (Å²) in [6.45, 7) is 14.9. The first-order valence-electron chi connectivity index (χ1n) is 11.4. The Labute approximate surface area is 186 Å². The summed E-state index contributed by atoms with van der Waals surface area (Å²) in [5.74, 6) is 1.75. The molecule has 1 saturated heterocycles. The molecule has 1 aliphatic heterocycles. The van der Waals surface area contributed by atoms with E-state index in [9.17, 15) is 0 Å². The number of aromatic nitrogens is 4. The van der Waals surface area contributed by atoms with Crippen LogP contribution in [0, 0.1) is 13.8 Å². The molecule has 0 aromatic carbocycles. The van der Waals surface area contributed by atoms with Crippen molar-refractivity contribution in [2.75, 3.05) is 57.3 Å². The van der Waals surface area contributed by atoms with Crippen molar-refractivity contribution in [1.29, 1.82) is 0 Å². The predicted octanol–water partition coefficient (Wildman–Crippen LogP) is 1.45. The van der Waals surface area contributed by atoms with E-state index < -0.39 is 0 Å². The number of aryl methyl sites for hydroxylation is 3. The van der Waals surface area contributed by atoms with Crippen molar-refractivity contribution in [3.63, 3.8) is 0 Å².